The van der Waals surface area contributed by atoms with E-state index in [4.69, 9.17) is 11.6 Å². The first-order valence-corrected chi connectivity index (χ1v) is 8.95. The normalized spacial score (nSPS) is 11.4. The van der Waals surface area contributed by atoms with Crippen molar-refractivity contribution >= 4 is 43.9 Å². The number of thiazole rings is 1. The van der Waals surface area contributed by atoms with E-state index < -0.39 is 10.0 Å². The zero-order chi connectivity index (χ0) is 15.5. The standard InChI is InChI=1S/C12H15ClN4O2S2/c1-3-4-14-11-10(13)5-9(7-15-11)21(18,19)17-12-16-6-8(2)20-12/h5-7H,3-4H2,1-2H3,(H,14,15)(H,16,17). The predicted molar refractivity (Wildman–Crippen MR) is 85.7 cm³/mol. The molecule has 0 fully saturated rings. The Balaban J connectivity index is 2.22. The summed E-state index contributed by atoms with van der Waals surface area (Å²) < 4.78 is 26.9. The fourth-order valence-electron chi connectivity index (χ4n) is 1.52. The minimum Gasteiger partial charge on any atom is -0.369 e. The highest BCUT2D eigenvalue weighted by Gasteiger charge is 2.18. The average molecular weight is 347 g/mol. The first-order chi connectivity index (χ1) is 9.92. The third-order valence-corrected chi connectivity index (χ3v) is 5.06. The van der Waals surface area contributed by atoms with Gasteiger partial charge in [0.15, 0.2) is 5.13 Å². The van der Waals surface area contributed by atoms with Crippen molar-refractivity contribution in [2.45, 2.75) is 25.2 Å². The second kappa shape index (κ2) is 6.59. The van der Waals surface area contributed by atoms with Crippen LogP contribution in [0, 0.1) is 6.92 Å². The number of halogens is 1. The van der Waals surface area contributed by atoms with Gasteiger partial charge in [0.25, 0.3) is 10.0 Å². The maximum absolute atomic E-state index is 12.2. The maximum atomic E-state index is 12.2. The van der Waals surface area contributed by atoms with E-state index in [2.05, 4.69) is 20.0 Å². The van der Waals surface area contributed by atoms with E-state index in [1.54, 1.807) is 6.20 Å². The van der Waals surface area contributed by atoms with Crippen molar-refractivity contribution in [2.24, 2.45) is 0 Å². The summed E-state index contributed by atoms with van der Waals surface area (Å²) in [7, 11) is -3.74. The van der Waals surface area contributed by atoms with E-state index in [-0.39, 0.29) is 9.92 Å². The summed E-state index contributed by atoms with van der Waals surface area (Å²) in [6.45, 7) is 4.58. The Morgan fingerprint density at radius 3 is 2.67 bits per heavy atom. The molecule has 114 valence electrons. The number of aryl methyl sites for hydroxylation is 1. The molecule has 0 spiro atoms. The number of nitrogens with zero attached hydrogens (tertiary/aromatic N) is 2. The highest BCUT2D eigenvalue weighted by molar-refractivity contribution is 7.93. The van der Waals surface area contributed by atoms with Gasteiger partial charge in [-0.1, -0.05) is 18.5 Å². The molecule has 0 aliphatic heterocycles. The van der Waals surface area contributed by atoms with Gasteiger partial charge < -0.3 is 5.32 Å². The van der Waals surface area contributed by atoms with Gasteiger partial charge in [-0.15, -0.1) is 11.3 Å². The molecule has 0 amide bonds. The van der Waals surface area contributed by atoms with Crippen LogP contribution in [-0.4, -0.2) is 24.9 Å². The number of rotatable bonds is 6. The van der Waals surface area contributed by atoms with Crippen LogP contribution in [0.2, 0.25) is 5.02 Å². The number of anilines is 2. The molecule has 6 nitrogen and oxygen atoms in total. The predicted octanol–water partition coefficient (Wildman–Crippen LogP) is 3.12. The summed E-state index contributed by atoms with van der Waals surface area (Å²) in [5.74, 6) is 0.475. The second-order valence-corrected chi connectivity index (χ2v) is 7.63. The highest BCUT2D eigenvalue weighted by atomic mass is 35.5. The van der Waals surface area contributed by atoms with Crippen LogP contribution in [0.25, 0.3) is 0 Å². The van der Waals surface area contributed by atoms with Crippen LogP contribution in [0.15, 0.2) is 23.4 Å². The molecule has 9 heteroatoms. The van der Waals surface area contributed by atoms with Crippen LogP contribution in [0.1, 0.15) is 18.2 Å². The number of aromatic nitrogens is 2. The average Bonchev–Trinajstić information content (AvgIpc) is 2.82. The molecular weight excluding hydrogens is 332 g/mol. The summed E-state index contributed by atoms with van der Waals surface area (Å²) in [6, 6.07) is 1.37. The fraction of sp³-hybridized carbons (Fsp3) is 0.333. The summed E-state index contributed by atoms with van der Waals surface area (Å²) in [4.78, 5) is 8.94. The molecule has 2 rings (SSSR count). The molecule has 0 aromatic carbocycles. The van der Waals surface area contributed by atoms with Gasteiger partial charge in [0.2, 0.25) is 0 Å². The van der Waals surface area contributed by atoms with Crippen molar-refractivity contribution in [2.75, 3.05) is 16.6 Å². The van der Waals surface area contributed by atoms with E-state index in [1.807, 2.05) is 13.8 Å². The molecular formula is C12H15ClN4O2S2. The summed E-state index contributed by atoms with van der Waals surface area (Å²) in [6.07, 6.45) is 3.79. The molecule has 2 aromatic heterocycles. The zero-order valence-corrected chi connectivity index (χ0v) is 13.9. The van der Waals surface area contributed by atoms with Crippen molar-refractivity contribution in [3.8, 4) is 0 Å². The Hall–Kier alpha value is -1.38. The molecule has 0 aliphatic carbocycles. The minimum atomic E-state index is -3.74. The van der Waals surface area contributed by atoms with Crippen LogP contribution < -0.4 is 10.0 Å². The molecule has 2 aromatic rings. The van der Waals surface area contributed by atoms with Crippen molar-refractivity contribution < 1.29 is 8.42 Å². The number of hydrogen-bond acceptors (Lipinski definition) is 6. The van der Waals surface area contributed by atoms with Crippen LogP contribution >= 0.6 is 22.9 Å². The van der Waals surface area contributed by atoms with Crippen molar-refractivity contribution in [1.82, 2.24) is 9.97 Å². The lowest BCUT2D eigenvalue weighted by Crippen LogP contribution is -2.13. The van der Waals surface area contributed by atoms with Crippen LogP contribution in [0.4, 0.5) is 10.9 Å². The zero-order valence-electron chi connectivity index (χ0n) is 11.6. The molecule has 0 aliphatic rings. The third kappa shape index (κ3) is 4.05. The molecule has 0 saturated carbocycles. The van der Waals surface area contributed by atoms with Gasteiger partial charge in [-0.3, -0.25) is 4.72 Å². The van der Waals surface area contributed by atoms with Gasteiger partial charge >= 0.3 is 0 Å². The monoisotopic (exact) mass is 346 g/mol. The number of sulfonamides is 1. The van der Waals surface area contributed by atoms with E-state index >= 15 is 0 Å². The second-order valence-electron chi connectivity index (χ2n) is 4.31. The summed E-state index contributed by atoms with van der Waals surface area (Å²) in [5.41, 5.74) is 0. The van der Waals surface area contributed by atoms with E-state index in [0.717, 1.165) is 17.8 Å². The molecule has 0 unspecified atom stereocenters. The number of nitrogens with one attached hydrogen (secondary N) is 2. The maximum Gasteiger partial charge on any atom is 0.265 e. The summed E-state index contributed by atoms with van der Waals surface area (Å²) >= 11 is 7.31. The van der Waals surface area contributed by atoms with Crippen molar-refractivity contribution in [3.05, 3.63) is 28.4 Å². The Bertz CT molecular complexity index is 731. The largest absolute Gasteiger partial charge is 0.369 e. The lowest BCUT2D eigenvalue weighted by atomic mass is 10.4. The van der Waals surface area contributed by atoms with Crippen molar-refractivity contribution in [3.63, 3.8) is 0 Å². The molecule has 0 atom stereocenters. The van der Waals surface area contributed by atoms with E-state index in [1.165, 1.54) is 23.6 Å². The Morgan fingerprint density at radius 1 is 1.33 bits per heavy atom. The van der Waals surface area contributed by atoms with E-state index in [0.29, 0.717) is 10.9 Å². The van der Waals surface area contributed by atoms with Crippen molar-refractivity contribution in [1.29, 1.82) is 0 Å². The van der Waals surface area contributed by atoms with Crippen LogP contribution in [-0.2, 0) is 10.0 Å². The Kier molecular flexibility index (Phi) is 5.02. The van der Waals surface area contributed by atoms with Gasteiger partial charge in [0.1, 0.15) is 10.7 Å². The molecule has 0 saturated heterocycles. The highest BCUT2D eigenvalue weighted by Crippen LogP contribution is 2.25. The van der Waals surface area contributed by atoms with Crippen LogP contribution in [0.5, 0.6) is 0 Å². The smallest absolute Gasteiger partial charge is 0.265 e. The molecule has 0 bridgehead atoms. The lowest BCUT2D eigenvalue weighted by molar-refractivity contribution is 0.601. The molecule has 2 heterocycles. The van der Waals surface area contributed by atoms with Gasteiger partial charge in [-0.05, 0) is 19.4 Å². The van der Waals surface area contributed by atoms with Crippen LogP contribution in [0.3, 0.4) is 0 Å². The van der Waals surface area contributed by atoms with Gasteiger partial charge in [-0.2, -0.15) is 0 Å². The van der Waals surface area contributed by atoms with E-state index in [9.17, 15) is 8.42 Å². The third-order valence-electron chi connectivity index (χ3n) is 2.51. The van der Waals surface area contributed by atoms with Gasteiger partial charge in [0.05, 0.1) is 5.02 Å². The first kappa shape index (κ1) is 16.0. The lowest BCUT2D eigenvalue weighted by Gasteiger charge is -2.09. The number of hydrogen-bond donors (Lipinski definition) is 2. The van der Waals surface area contributed by atoms with Gasteiger partial charge in [0, 0.05) is 23.8 Å². The first-order valence-electron chi connectivity index (χ1n) is 6.27. The quantitative estimate of drug-likeness (QED) is 0.839. The Labute approximate surface area is 132 Å². The molecule has 21 heavy (non-hydrogen) atoms. The summed E-state index contributed by atoms with van der Waals surface area (Å²) in [5, 5.41) is 3.61. The molecule has 0 radical (unpaired) electrons. The topological polar surface area (TPSA) is 84.0 Å². The molecule has 2 N–H and O–H groups in total. The number of pyridine rings is 1. The fourth-order valence-corrected chi connectivity index (χ4v) is 3.69. The van der Waals surface area contributed by atoms with Gasteiger partial charge in [-0.25, -0.2) is 18.4 Å². The SMILES string of the molecule is CCCNc1ncc(S(=O)(=O)Nc2ncc(C)s2)cc1Cl. The minimum absolute atomic E-state index is 0.00222. The Morgan fingerprint density at radius 2 is 2.10 bits per heavy atom.